The Morgan fingerprint density at radius 1 is 1.16 bits per heavy atom. The third-order valence-corrected chi connectivity index (χ3v) is 8.01. The number of hydrogen-bond donors (Lipinski definition) is 1. The Hall–Kier alpha value is -2.74. The lowest BCUT2D eigenvalue weighted by molar-refractivity contribution is -0.121. The monoisotopic (exact) mass is 444 g/mol. The van der Waals surface area contributed by atoms with Gasteiger partial charge in [-0.15, -0.1) is 0 Å². The van der Waals surface area contributed by atoms with E-state index in [9.17, 15) is 22.4 Å². The first-order valence-corrected chi connectivity index (χ1v) is 12.0. The molecule has 2 aromatic rings. The third kappa shape index (κ3) is 4.63. The SMILES string of the molecule is CC(CC(=O)NCc1ccc(F)cc1)S(=O)(=O)c1ccc2c(c1)CCN2C(=O)C1CC1. The summed E-state index contributed by atoms with van der Waals surface area (Å²) in [5.41, 5.74) is 2.37. The minimum atomic E-state index is -3.70. The first-order chi connectivity index (χ1) is 14.8. The Bertz CT molecular complexity index is 1110. The van der Waals surface area contributed by atoms with Crippen LogP contribution < -0.4 is 10.2 Å². The van der Waals surface area contributed by atoms with Gasteiger partial charge in [-0.05, 0) is 67.6 Å². The Morgan fingerprint density at radius 3 is 2.55 bits per heavy atom. The summed E-state index contributed by atoms with van der Waals surface area (Å²) in [5, 5.41) is 1.78. The highest BCUT2D eigenvalue weighted by molar-refractivity contribution is 7.92. The van der Waals surface area contributed by atoms with Gasteiger partial charge in [0, 0.05) is 31.1 Å². The summed E-state index contributed by atoms with van der Waals surface area (Å²) in [7, 11) is -3.70. The lowest BCUT2D eigenvalue weighted by Crippen LogP contribution is -2.30. The molecule has 4 rings (SSSR count). The molecule has 8 heteroatoms. The Kier molecular flexibility index (Phi) is 5.83. The topological polar surface area (TPSA) is 83.6 Å². The first kappa shape index (κ1) is 21.5. The molecule has 2 aliphatic rings. The number of sulfone groups is 1. The van der Waals surface area contributed by atoms with Gasteiger partial charge in [0.15, 0.2) is 9.84 Å². The van der Waals surface area contributed by atoms with Crippen molar-refractivity contribution in [2.24, 2.45) is 5.92 Å². The van der Waals surface area contributed by atoms with Crippen LogP contribution in [0.25, 0.3) is 0 Å². The van der Waals surface area contributed by atoms with E-state index in [0.29, 0.717) is 13.0 Å². The van der Waals surface area contributed by atoms with Crippen LogP contribution in [0.5, 0.6) is 0 Å². The van der Waals surface area contributed by atoms with Crippen molar-refractivity contribution in [2.75, 3.05) is 11.4 Å². The lowest BCUT2D eigenvalue weighted by atomic mass is 10.2. The van der Waals surface area contributed by atoms with E-state index in [1.54, 1.807) is 29.2 Å². The summed E-state index contributed by atoms with van der Waals surface area (Å²) >= 11 is 0. The fourth-order valence-electron chi connectivity index (χ4n) is 3.81. The molecule has 1 atom stereocenters. The van der Waals surface area contributed by atoms with E-state index < -0.39 is 15.1 Å². The molecule has 1 unspecified atom stereocenters. The van der Waals surface area contributed by atoms with Gasteiger partial charge in [0.1, 0.15) is 5.82 Å². The predicted octanol–water partition coefficient (Wildman–Crippen LogP) is 2.99. The molecule has 2 aromatic carbocycles. The summed E-state index contributed by atoms with van der Waals surface area (Å²) in [5.74, 6) is -0.504. The number of anilines is 1. The summed E-state index contributed by atoms with van der Waals surface area (Å²) in [6, 6.07) is 10.6. The zero-order valence-corrected chi connectivity index (χ0v) is 18.1. The molecule has 164 valence electrons. The van der Waals surface area contributed by atoms with Crippen LogP contribution in [0.2, 0.25) is 0 Å². The van der Waals surface area contributed by atoms with Crippen LogP contribution in [-0.4, -0.2) is 32.0 Å². The number of halogens is 1. The molecule has 2 amide bonds. The van der Waals surface area contributed by atoms with E-state index in [4.69, 9.17) is 0 Å². The number of carbonyl (C=O) groups is 2. The Balaban J connectivity index is 1.40. The Morgan fingerprint density at radius 2 is 1.87 bits per heavy atom. The molecule has 1 aliphatic heterocycles. The van der Waals surface area contributed by atoms with Gasteiger partial charge in [-0.25, -0.2) is 12.8 Å². The molecule has 0 aromatic heterocycles. The average Bonchev–Trinajstić information content (AvgIpc) is 3.51. The van der Waals surface area contributed by atoms with Gasteiger partial charge in [0.2, 0.25) is 11.8 Å². The second-order valence-corrected chi connectivity index (χ2v) is 10.6. The molecule has 0 bridgehead atoms. The molecule has 0 saturated heterocycles. The van der Waals surface area contributed by atoms with E-state index in [1.165, 1.54) is 25.1 Å². The fourth-order valence-corrected chi connectivity index (χ4v) is 5.21. The van der Waals surface area contributed by atoms with Crippen LogP contribution in [0.1, 0.15) is 37.3 Å². The largest absolute Gasteiger partial charge is 0.352 e. The van der Waals surface area contributed by atoms with Crippen molar-refractivity contribution < 1.29 is 22.4 Å². The van der Waals surface area contributed by atoms with Crippen LogP contribution in [-0.2, 0) is 32.4 Å². The minimum absolute atomic E-state index is 0.114. The second-order valence-electron chi connectivity index (χ2n) is 8.27. The van der Waals surface area contributed by atoms with E-state index in [1.807, 2.05) is 0 Å². The minimum Gasteiger partial charge on any atom is -0.352 e. The van der Waals surface area contributed by atoms with Gasteiger partial charge in [0.25, 0.3) is 0 Å². The van der Waals surface area contributed by atoms with Crippen molar-refractivity contribution in [3.05, 3.63) is 59.4 Å². The number of amides is 2. The number of nitrogens with zero attached hydrogens (tertiary/aromatic N) is 1. The van der Waals surface area contributed by atoms with E-state index in [0.717, 1.165) is 29.7 Å². The molecule has 1 heterocycles. The van der Waals surface area contributed by atoms with E-state index in [-0.39, 0.29) is 41.4 Å². The standard InChI is InChI=1S/C23H25FN2O4S/c1-15(12-22(27)25-14-16-2-6-19(24)7-3-16)31(29,30)20-8-9-21-18(13-20)10-11-26(21)23(28)17-4-5-17/h2-3,6-9,13,15,17H,4-5,10-12,14H2,1H3,(H,25,27). The summed E-state index contributed by atoms with van der Waals surface area (Å²) in [6.45, 7) is 2.30. The van der Waals surface area contributed by atoms with E-state index in [2.05, 4.69) is 5.32 Å². The van der Waals surface area contributed by atoms with Crippen molar-refractivity contribution in [3.63, 3.8) is 0 Å². The van der Waals surface area contributed by atoms with Crippen molar-refractivity contribution in [1.82, 2.24) is 5.32 Å². The van der Waals surface area contributed by atoms with Crippen molar-refractivity contribution >= 4 is 27.3 Å². The fraction of sp³-hybridized carbons (Fsp3) is 0.391. The summed E-state index contributed by atoms with van der Waals surface area (Å²) in [6.07, 6.45) is 2.31. The van der Waals surface area contributed by atoms with Gasteiger partial charge in [-0.1, -0.05) is 12.1 Å². The van der Waals surface area contributed by atoms with Gasteiger partial charge in [-0.2, -0.15) is 0 Å². The predicted molar refractivity (Wildman–Crippen MR) is 115 cm³/mol. The summed E-state index contributed by atoms with van der Waals surface area (Å²) < 4.78 is 39.0. The molecule has 31 heavy (non-hydrogen) atoms. The molecule has 0 spiro atoms. The average molecular weight is 445 g/mol. The van der Waals surface area contributed by atoms with Crippen LogP contribution in [0, 0.1) is 11.7 Å². The van der Waals surface area contributed by atoms with E-state index >= 15 is 0 Å². The number of fused-ring (bicyclic) bond motifs is 1. The first-order valence-electron chi connectivity index (χ1n) is 10.4. The number of carbonyl (C=O) groups excluding carboxylic acids is 2. The number of benzene rings is 2. The number of hydrogen-bond acceptors (Lipinski definition) is 4. The normalized spacial score (nSPS) is 16.6. The van der Waals surface area contributed by atoms with Gasteiger partial charge in [-0.3, -0.25) is 9.59 Å². The maximum absolute atomic E-state index is 13.0. The van der Waals surface area contributed by atoms with Crippen LogP contribution >= 0.6 is 0 Å². The van der Waals surface area contributed by atoms with Crippen LogP contribution in [0.15, 0.2) is 47.4 Å². The zero-order chi connectivity index (χ0) is 22.2. The lowest BCUT2D eigenvalue weighted by Gasteiger charge is -2.18. The molecular weight excluding hydrogens is 419 g/mol. The van der Waals surface area contributed by atoms with Crippen molar-refractivity contribution in [2.45, 2.75) is 49.3 Å². The molecular formula is C23H25FN2O4S. The molecule has 1 N–H and O–H groups in total. The third-order valence-electron chi connectivity index (χ3n) is 5.87. The van der Waals surface area contributed by atoms with Crippen molar-refractivity contribution in [1.29, 1.82) is 0 Å². The van der Waals surface area contributed by atoms with Crippen LogP contribution in [0.3, 0.4) is 0 Å². The van der Waals surface area contributed by atoms with Crippen molar-refractivity contribution in [3.8, 4) is 0 Å². The molecule has 1 saturated carbocycles. The highest BCUT2D eigenvalue weighted by atomic mass is 32.2. The van der Waals surface area contributed by atoms with Gasteiger partial charge in [0.05, 0.1) is 10.1 Å². The number of nitrogens with one attached hydrogen (secondary N) is 1. The molecule has 1 fully saturated rings. The van der Waals surface area contributed by atoms with Gasteiger partial charge < -0.3 is 10.2 Å². The smallest absolute Gasteiger partial charge is 0.230 e. The quantitative estimate of drug-likeness (QED) is 0.712. The Labute approximate surface area is 181 Å². The number of rotatable bonds is 7. The highest BCUT2D eigenvalue weighted by Crippen LogP contribution is 2.37. The second kappa shape index (κ2) is 8.42. The molecule has 6 nitrogen and oxygen atoms in total. The molecule has 0 radical (unpaired) electrons. The maximum atomic E-state index is 13.0. The molecule has 1 aliphatic carbocycles. The zero-order valence-electron chi connectivity index (χ0n) is 17.3. The maximum Gasteiger partial charge on any atom is 0.230 e. The summed E-state index contributed by atoms with van der Waals surface area (Å²) in [4.78, 5) is 26.6. The van der Waals surface area contributed by atoms with Crippen LogP contribution in [0.4, 0.5) is 10.1 Å². The highest BCUT2D eigenvalue weighted by Gasteiger charge is 2.37. The van der Waals surface area contributed by atoms with Gasteiger partial charge >= 0.3 is 0 Å².